The molecule has 18 rings (SSSR count). The van der Waals surface area contributed by atoms with Crippen LogP contribution < -0.4 is 30.4 Å². The molecule has 0 spiro atoms. The van der Waals surface area contributed by atoms with E-state index in [9.17, 15) is 39.6 Å². The summed E-state index contributed by atoms with van der Waals surface area (Å²) in [7, 11) is -11.6. The van der Waals surface area contributed by atoms with Crippen molar-refractivity contribution in [1.82, 2.24) is 87.7 Å². The lowest BCUT2D eigenvalue weighted by Crippen LogP contribution is -2.48. The Balaban J connectivity index is 0.000000154. The minimum absolute atomic E-state index is 0.0851. The fourth-order valence-corrected chi connectivity index (χ4v) is 25.6. The highest BCUT2D eigenvalue weighted by Crippen LogP contribution is 2.42. The summed E-state index contributed by atoms with van der Waals surface area (Å²) in [4.78, 5) is 46.5. The number of halogens is 6. The number of aryl methyl sites for hydroxylation is 3. The van der Waals surface area contributed by atoms with Gasteiger partial charge in [-0.3, -0.25) is 30.7 Å². The van der Waals surface area contributed by atoms with Crippen LogP contribution in [0.25, 0.3) is 48.8 Å². The number of morpholine rings is 1. The number of aromatic nitrogens is 6. The van der Waals surface area contributed by atoms with Crippen LogP contribution in [0.1, 0.15) is 193 Å². The Morgan fingerprint density at radius 1 is 0.357 bits per heavy atom. The van der Waals surface area contributed by atoms with Crippen molar-refractivity contribution in [3.63, 3.8) is 0 Å². The standard InChI is InChI=1S/C36H40Cl2N6O3S2.C34H36Cl2N6O3S2.C33H34Cl2N6O4S2/c1-24-7-9-27(10-8-24)11-13-29-14-16-33(48-29)35-30(21-39-49(46,47)43-22-25(2)19-26(3)23-43)34(36(45)41-42-17-5-4-6-18-42)40-44(35)32-15-12-28(37)20-31(32)38;1-24-8-10-25(11-9-24)12-14-27-15-17-31(46-27)33-28(23-37-47(44,45)41-20-6-3-7-21-41)32(34(43)39-40-18-4-2-5-19-40)38-42(33)30-16-13-26(35)22-29(30)36;1-23-5-7-24(8-6-23)9-11-26-12-14-30(46-26)32-27(22-36-47(43,44)40-17-19-45-20-18-40)31(33(42)38-39-15-3-2-4-16-39)37-41(32)29-13-10-25(34)21-28(29)35/h7-10,12,14-16,20,25-26,39H,4-6,17-19,21-23H2,1-3H3,(H,41,45);8-11,13,15-17,22,37H,2-7,18-21,23H2,1H3,(H,39,43);5-8,10,12-14,21,36H,2-4,15-20,22H2,1H3,(H,38,42). The van der Waals surface area contributed by atoms with Gasteiger partial charge in [-0.25, -0.2) is 29.1 Å². The van der Waals surface area contributed by atoms with Gasteiger partial charge in [0.05, 0.1) is 91.7 Å². The topological polar surface area (TPSA) is 308 Å². The number of thiophene rings is 3. The second kappa shape index (κ2) is 48.8. The van der Waals surface area contributed by atoms with E-state index in [1.807, 2.05) is 145 Å². The van der Waals surface area contributed by atoms with E-state index in [-0.39, 0.29) is 61.6 Å². The molecule has 0 aliphatic carbocycles. The van der Waals surface area contributed by atoms with E-state index < -0.39 is 48.3 Å². The molecule has 28 nitrogen and oxygen atoms in total. The highest BCUT2D eigenvalue weighted by atomic mass is 35.5. The molecular weight excluding hydrogens is 2050 g/mol. The number of nitrogens with zero attached hydrogens (tertiary/aromatic N) is 12. The number of ether oxygens (including phenoxy) is 1. The van der Waals surface area contributed by atoms with Crippen LogP contribution in [0.2, 0.25) is 30.1 Å². The molecule has 750 valence electrons. The SMILES string of the molecule is Cc1ccc(C#Cc2ccc(-c3c(CNS(=O)(=O)N4CC(C)CC(C)C4)c(C(=O)NN4CCCCC4)nn3-c3ccc(Cl)cc3Cl)s2)cc1.Cc1ccc(C#Cc2ccc(-c3c(CNS(=O)(=O)N4CCCCC4)c(C(=O)NN4CCCCC4)nn3-c3ccc(Cl)cc3Cl)s2)cc1.Cc1ccc(C#Cc2ccc(-c3c(CNS(=O)(=O)N4CCOCC4)c(C(=O)NN4CCCCC4)nn3-c3ccc(Cl)cc3Cl)s2)cc1. The van der Waals surface area contributed by atoms with Crippen LogP contribution in [0, 0.1) is 68.1 Å². The first-order chi connectivity index (χ1) is 68.8. The monoisotopic (exact) mass is 2160 g/mol. The molecule has 0 saturated carbocycles. The van der Waals surface area contributed by atoms with E-state index in [2.05, 4.69) is 79.8 Å². The van der Waals surface area contributed by atoms with Gasteiger partial charge in [0.2, 0.25) is 0 Å². The van der Waals surface area contributed by atoms with Crippen molar-refractivity contribution < 1.29 is 44.4 Å². The number of hydrogen-bond donors (Lipinski definition) is 6. The average Bonchev–Trinajstić information content (AvgIpc) is 1.61. The fourth-order valence-electron chi connectivity index (χ4n) is 17.6. The summed E-state index contributed by atoms with van der Waals surface area (Å²) in [6, 6.07) is 50.6. The molecule has 6 saturated heterocycles. The van der Waals surface area contributed by atoms with Crippen LogP contribution in [0.3, 0.4) is 0 Å². The Labute approximate surface area is 877 Å². The maximum absolute atomic E-state index is 14.0. The smallest absolute Gasteiger partial charge is 0.286 e. The molecule has 3 amide bonds. The van der Waals surface area contributed by atoms with Gasteiger partial charge in [0, 0.05) is 147 Å². The third-order valence-electron chi connectivity index (χ3n) is 25.0. The molecule has 0 radical (unpaired) electrons. The Morgan fingerprint density at radius 3 is 0.930 bits per heavy atom. The minimum atomic E-state index is -3.89. The first-order valence-corrected chi connectivity index (χ1v) is 56.6. The summed E-state index contributed by atoms with van der Waals surface area (Å²) in [6.45, 7) is 16.9. The number of hydrogen-bond acceptors (Lipinski definition) is 19. The van der Waals surface area contributed by atoms with E-state index in [1.165, 1.54) is 46.9 Å². The number of nitrogens with one attached hydrogen (secondary N) is 6. The van der Waals surface area contributed by atoms with Crippen LogP contribution in [-0.2, 0) is 55.0 Å². The van der Waals surface area contributed by atoms with Crippen molar-refractivity contribution in [1.29, 1.82) is 0 Å². The molecule has 6 aromatic heterocycles. The van der Waals surface area contributed by atoms with Gasteiger partial charge in [0.1, 0.15) is 0 Å². The van der Waals surface area contributed by atoms with Gasteiger partial charge in [-0.1, -0.05) is 198 Å². The molecule has 40 heteroatoms. The zero-order chi connectivity index (χ0) is 101. The second-order valence-electron chi connectivity index (χ2n) is 36.1. The van der Waals surface area contributed by atoms with Gasteiger partial charge in [-0.15, -0.1) is 34.0 Å². The van der Waals surface area contributed by atoms with Crippen LogP contribution in [0.5, 0.6) is 0 Å². The predicted molar refractivity (Wildman–Crippen MR) is 570 cm³/mol. The van der Waals surface area contributed by atoms with E-state index in [0.29, 0.717) is 120 Å². The van der Waals surface area contributed by atoms with Gasteiger partial charge < -0.3 is 4.74 Å². The Morgan fingerprint density at radius 2 is 0.636 bits per heavy atom. The third-order valence-corrected chi connectivity index (χ3v) is 34.2. The molecule has 2 atom stereocenters. The van der Waals surface area contributed by atoms with Crippen molar-refractivity contribution in [3.05, 3.63) is 276 Å². The minimum Gasteiger partial charge on any atom is -0.379 e. The van der Waals surface area contributed by atoms with Gasteiger partial charge in [-0.2, -0.15) is 67.6 Å². The van der Waals surface area contributed by atoms with Crippen LogP contribution in [0.15, 0.2) is 164 Å². The van der Waals surface area contributed by atoms with E-state index >= 15 is 0 Å². The number of piperidine rings is 5. The maximum Gasteiger partial charge on any atom is 0.286 e. The lowest BCUT2D eigenvalue weighted by Gasteiger charge is -2.34. The molecule has 2 unspecified atom stereocenters. The molecule has 6 aliphatic rings. The quantitative estimate of drug-likeness (QED) is 0.0306. The first kappa shape index (κ1) is 106. The normalized spacial score (nSPS) is 17.1. The molecule has 0 bridgehead atoms. The van der Waals surface area contributed by atoms with Gasteiger partial charge in [0.15, 0.2) is 17.1 Å². The van der Waals surface area contributed by atoms with Crippen molar-refractivity contribution >= 4 is 152 Å². The Bertz CT molecular complexity index is 6880. The summed E-state index contributed by atoms with van der Waals surface area (Å²) in [5, 5.41) is 22.4. The number of carbonyl (C=O) groups excluding carboxylic acids is 3. The number of carbonyl (C=O) groups is 3. The van der Waals surface area contributed by atoms with E-state index in [4.69, 9.17) is 89.6 Å². The lowest BCUT2D eigenvalue weighted by atomic mass is 9.94. The van der Waals surface area contributed by atoms with Gasteiger partial charge in [0.25, 0.3) is 48.3 Å². The lowest BCUT2D eigenvalue weighted by molar-refractivity contribution is 0.0724. The summed E-state index contributed by atoms with van der Waals surface area (Å²) in [5.74, 6) is 18.6. The summed E-state index contributed by atoms with van der Waals surface area (Å²) < 4.78 is 104. The Kier molecular flexibility index (Phi) is 36.2. The highest BCUT2D eigenvalue weighted by Gasteiger charge is 2.38. The van der Waals surface area contributed by atoms with Crippen LogP contribution >= 0.6 is 104 Å². The number of hydrazine groups is 3. The van der Waals surface area contributed by atoms with E-state index in [0.717, 1.165) is 185 Å². The van der Waals surface area contributed by atoms with Crippen molar-refractivity contribution in [2.45, 2.75) is 138 Å². The zero-order valence-electron chi connectivity index (χ0n) is 79.6. The van der Waals surface area contributed by atoms with Crippen molar-refractivity contribution in [3.8, 4) is 84.3 Å². The largest absolute Gasteiger partial charge is 0.379 e. The zero-order valence-corrected chi connectivity index (χ0v) is 89.1. The Hall–Kier alpha value is -9.67. The molecule has 143 heavy (non-hydrogen) atoms. The highest BCUT2D eigenvalue weighted by molar-refractivity contribution is 7.87. The van der Waals surface area contributed by atoms with Gasteiger partial charge >= 0.3 is 0 Å². The summed E-state index contributed by atoms with van der Waals surface area (Å²) in [6.07, 6.45) is 12.7. The molecule has 6 aliphatic heterocycles. The van der Waals surface area contributed by atoms with Gasteiger partial charge in [-0.05, 0) is 218 Å². The first-order valence-electron chi connectivity index (χ1n) is 47.6. The molecule has 12 aromatic rings. The summed E-state index contributed by atoms with van der Waals surface area (Å²) >= 11 is 43.2. The van der Waals surface area contributed by atoms with Crippen molar-refractivity contribution in [2.75, 3.05) is 91.8 Å². The van der Waals surface area contributed by atoms with E-state index in [1.54, 1.807) is 68.6 Å². The average molecular weight is 2170 g/mol. The number of amides is 3. The number of benzene rings is 6. The van der Waals surface area contributed by atoms with Crippen LogP contribution in [-0.4, -0.2) is 192 Å². The molecule has 12 heterocycles. The van der Waals surface area contributed by atoms with Crippen molar-refractivity contribution in [2.24, 2.45) is 11.8 Å². The maximum atomic E-state index is 14.0. The molecule has 6 N–H and O–H groups in total. The second-order valence-corrected chi connectivity index (χ2v) is 47.1. The van der Waals surface area contributed by atoms with Crippen LogP contribution in [0.4, 0.5) is 0 Å². The third kappa shape index (κ3) is 27.6. The molecule has 6 fully saturated rings. The predicted octanol–water partition coefficient (Wildman–Crippen LogP) is 19.0. The molecular formula is C103H110Cl6N18O10S6. The fraction of sp³-hybridized carbons (Fsp3) is 0.359. The summed E-state index contributed by atoms with van der Waals surface area (Å²) in [5.41, 5.74) is 19.9. The number of rotatable bonds is 24. The molecule has 6 aromatic carbocycles.